The number of hydrogen-bond donors (Lipinski definition) is 1. The Morgan fingerprint density at radius 3 is 2.71 bits per heavy atom. The number of hydrogen-bond acceptors (Lipinski definition) is 6. The number of benzene rings is 2. The molecule has 4 rings (SSSR count). The van der Waals surface area contributed by atoms with E-state index in [1.165, 1.54) is 11.3 Å². The minimum atomic E-state index is -0.620. The minimum Gasteiger partial charge on any atom is -0.507 e. The van der Waals surface area contributed by atoms with Crippen molar-refractivity contribution in [2.75, 3.05) is 6.61 Å². The second-order valence-corrected chi connectivity index (χ2v) is 8.79. The quantitative estimate of drug-likeness (QED) is 0.559. The molecule has 0 fully saturated rings. The fraction of sp³-hybridized carbons (Fsp3) is 0.174. The SMILES string of the molecule is CCOC(=O)C1=C(C)N=c2s/c(=C\c3ccc(O)c(Br)c3)c(=O)n2C1c1ccccc1. The summed E-state index contributed by atoms with van der Waals surface area (Å²) in [6.45, 7) is 3.74. The summed E-state index contributed by atoms with van der Waals surface area (Å²) in [4.78, 5) is 31.3. The predicted octanol–water partition coefficient (Wildman–Crippen LogP) is 3.27. The van der Waals surface area contributed by atoms with Gasteiger partial charge in [0.2, 0.25) is 0 Å². The Morgan fingerprint density at radius 2 is 2.03 bits per heavy atom. The Labute approximate surface area is 190 Å². The van der Waals surface area contributed by atoms with E-state index in [0.717, 1.165) is 11.1 Å². The number of aromatic hydroxyl groups is 1. The Kier molecular flexibility index (Phi) is 5.93. The molecular formula is C23H19BrN2O4S. The summed E-state index contributed by atoms with van der Waals surface area (Å²) in [6.07, 6.45) is 1.75. The first-order valence-electron chi connectivity index (χ1n) is 9.64. The highest BCUT2D eigenvalue weighted by Crippen LogP contribution is 2.30. The predicted molar refractivity (Wildman–Crippen MR) is 123 cm³/mol. The van der Waals surface area contributed by atoms with Crippen molar-refractivity contribution in [2.24, 2.45) is 4.99 Å². The molecule has 6 nitrogen and oxygen atoms in total. The van der Waals surface area contributed by atoms with Crippen molar-refractivity contribution >= 4 is 39.3 Å². The van der Waals surface area contributed by atoms with Gasteiger partial charge in [-0.15, -0.1) is 0 Å². The molecular weight excluding hydrogens is 480 g/mol. The highest BCUT2D eigenvalue weighted by molar-refractivity contribution is 9.10. The van der Waals surface area contributed by atoms with Crippen LogP contribution >= 0.6 is 27.3 Å². The standard InChI is InChI=1S/C23H19BrN2O4S/c1-3-30-22(29)19-13(2)25-23-26(20(19)15-7-5-4-6-8-15)21(28)18(31-23)12-14-9-10-17(27)16(24)11-14/h4-12,20,27H,3H2,1-2H3/b18-12-. The zero-order chi connectivity index (χ0) is 22.1. The van der Waals surface area contributed by atoms with Crippen LogP contribution in [-0.2, 0) is 9.53 Å². The molecule has 8 heteroatoms. The number of nitrogens with zero attached hydrogens (tertiary/aromatic N) is 2. The molecule has 2 heterocycles. The lowest BCUT2D eigenvalue weighted by atomic mass is 9.96. The van der Waals surface area contributed by atoms with Gasteiger partial charge in [0.25, 0.3) is 5.56 Å². The molecule has 1 aliphatic heterocycles. The largest absolute Gasteiger partial charge is 0.507 e. The van der Waals surface area contributed by atoms with Crippen molar-refractivity contribution in [3.63, 3.8) is 0 Å². The minimum absolute atomic E-state index is 0.123. The van der Waals surface area contributed by atoms with Crippen LogP contribution in [-0.4, -0.2) is 22.2 Å². The van der Waals surface area contributed by atoms with Gasteiger partial charge < -0.3 is 9.84 Å². The second-order valence-electron chi connectivity index (χ2n) is 6.92. The summed E-state index contributed by atoms with van der Waals surface area (Å²) in [5, 5.41) is 9.72. The molecule has 31 heavy (non-hydrogen) atoms. The first-order chi connectivity index (χ1) is 14.9. The number of allylic oxidation sites excluding steroid dienone is 1. The topological polar surface area (TPSA) is 80.9 Å². The fourth-order valence-corrected chi connectivity index (χ4v) is 4.95. The number of phenols is 1. The third-order valence-corrected chi connectivity index (χ3v) is 6.52. The van der Waals surface area contributed by atoms with Gasteiger partial charge in [-0.05, 0) is 59.1 Å². The van der Waals surface area contributed by atoms with Gasteiger partial charge in [-0.1, -0.05) is 47.7 Å². The highest BCUT2D eigenvalue weighted by Gasteiger charge is 2.33. The van der Waals surface area contributed by atoms with Gasteiger partial charge in [0.15, 0.2) is 4.80 Å². The lowest BCUT2D eigenvalue weighted by Gasteiger charge is -2.24. The van der Waals surface area contributed by atoms with Crippen LogP contribution in [0.4, 0.5) is 0 Å². The normalized spacial score (nSPS) is 16.1. The molecule has 158 valence electrons. The van der Waals surface area contributed by atoms with Crippen LogP contribution in [0.2, 0.25) is 0 Å². The van der Waals surface area contributed by atoms with Crippen LogP contribution in [0.1, 0.15) is 31.0 Å². The number of thiazole rings is 1. The Balaban J connectivity index is 1.95. The zero-order valence-corrected chi connectivity index (χ0v) is 19.2. The lowest BCUT2D eigenvalue weighted by molar-refractivity contribution is -0.139. The maximum Gasteiger partial charge on any atom is 0.338 e. The molecule has 1 aromatic heterocycles. The van der Waals surface area contributed by atoms with Crippen molar-refractivity contribution in [3.8, 4) is 5.75 Å². The summed E-state index contributed by atoms with van der Waals surface area (Å²) in [7, 11) is 0. The van der Waals surface area contributed by atoms with Gasteiger partial charge in [0.05, 0.1) is 32.9 Å². The van der Waals surface area contributed by atoms with Crippen molar-refractivity contribution in [2.45, 2.75) is 19.9 Å². The van der Waals surface area contributed by atoms with E-state index in [9.17, 15) is 14.7 Å². The van der Waals surface area contributed by atoms with Crippen LogP contribution in [0.5, 0.6) is 5.75 Å². The van der Waals surface area contributed by atoms with Crippen molar-refractivity contribution in [1.82, 2.24) is 4.57 Å². The summed E-state index contributed by atoms with van der Waals surface area (Å²) in [5.41, 5.74) is 2.22. The van der Waals surface area contributed by atoms with Crippen LogP contribution in [0, 0.1) is 0 Å². The van der Waals surface area contributed by atoms with Crippen LogP contribution in [0.3, 0.4) is 0 Å². The second kappa shape index (κ2) is 8.64. The van der Waals surface area contributed by atoms with Crippen LogP contribution in [0.15, 0.2) is 74.1 Å². The average molecular weight is 499 g/mol. The maximum atomic E-state index is 13.4. The van der Waals surface area contributed by atoms with Crippen molar-refractivity contribution in [3.05, 3.63) is 95.1 Å². The molecule has 0 bridgehead atoms. The van der Waals surface area contributed by atoms with Crippen LogP contribution < -0.4 is 14.9 Å². The van der Waals surface area contributed by atoms with Gasteiger partial charge in [0, 0.05) is 0 Å². The van der Waals surface area contributed by atoms with E-state index in [1.54, 1.807) is 42.7 Å². The molecule has 1 unspecified atom stereocenters. The molecule has 0 spiro atoms. The number of carbonyl (C=O) groups is 1. The number of fused-ring (bicyclic) bond motifs is 1. The summed E-state index contributed by atoms with van der Waals surface area (Å²) < 4.78 is 7.86. The van der Waals surface area contributed by atoms with E-state index in [1.807, 2.05) is 30.3 Å². The van der Waals surface area contributed by atoms with E-state index in [4.69, 9.17) is 4.74 Å². The van der Waals surface area contributed by atoms with Gasteiger partial charge in [-0.25, -0.2) is 9.79 Å². The lowest BCUT2D eigenvalue weighted by Crippen LogP contribution is -2.39. The number of esters is 1. The number of ether oxygens (including phenoxy) is 1. The number of carbonyl (C=O) groups excluding carboxylic acids is 1. The Morgan fingerprint density at radius 1 is 1.29 bits per heavy atom. The number of aromatic nitrogens is 1. The third kappa shape index (κ3) is 4.00. The molecule has 1 atom stereocenters. The van der Waals surface area contributed by atoms with Gasteiger partial charge in [-0.3, -0.25) is 9.36 Å². The summed E-state index contributed by atoms with van der Waals surface area (Å²) >= 11 is 4.56. The monoisotopic (exact) mass is 498 g/mol. The number of rotatable bonds is 4. The Bertz CT molecular complexity index is 1370. The number of phenolic OH excluding ortho intramolecular Hbond substituents is 1. The zero-order valence-electron chi connectivity index (χ0n) is 16.8. The first-order valence-corrected chi connectivity index (χ1v) is 11.2. The molecule has 0 saturated carbocycles. The van der Waals surface area contributed by atoms with Gasteiger partial charge in [-0.2, -0.15) is 0 Å². The molecule has 0 radical (unpaired) electrons. The van der Waals surface area contributed by atoms with E-state index >= 15 is 0 Å². The Hall–Kier alpha value is -2.97. The van der Waals surface area contributed by atoms with Crippen LogP contribution in [0.25, 0.3) is 6.08 Å². The summed E-state index contributed by atoms with van der Waals surface area (Å²) in [5.74, 6) is -0.355. The highest BCUT2D eigenvalue weighted by atomic mass is 79.9. The summed E-state index contributed by atoms with van der Waals surface area (Å²) in [6, 6.07) is 13.8. The van der Waals surface area contributed by atoms with E-state index < -0.39 is 12.0 Å². The molecule has 1 N–H and O–H groups in total. The van der Waals surface area contributed by atoms with Gasteiger partial charge >= 0.3 is 5.97 Å². The molecule has 0 saturated heterocycles. The molecule has 3 aromatic rings. The molecule has 2 aromatic carbocycles. The number of halogens is 1. The first kappa shape index (κ1) is 21.3. The molecule has 0 aliphatic carbocycles. The van der Waals surface area contributed by atoms with Crippen molar-refractivity contribution in [1.29, 1.82) is 0 Å². The third-order valence-electron chi connectivity index (χ3n) is 4.90. The molecule has 0 amide bonds. The van der Waals surface area contributed by atoms with Gasteiger partial charge in [0.1, 0.15) is 5.75 Å². The van der Waals surface area contributed by atoms with E-state index in [-0.39, 0.29) is 17.9 Å². The van der Waals surface area contributed by atoms with Crippen molar-refractivity contribution < 1.29 is 14.6 Å². The maximum absolute atomic E-state index is 13.4. The average Bonchev–Trinajstić information content (AvgIpc) is 3.05. The smallest absolute Gasteiger partial charge is 0.338 e. The molecule has 1 aliphatic rings. The van der Waals surface area contributed by atoms with E-state index in [0.29, 0.717) is 25.1 Å². The fourth-order valence-electron chi connectivity index (χ4n) is 3.51. The van der Waals surface area contributed by atoms with E-state index in [2.05, 4.69) is 20.9 Å².